The highest BCUT2D eigenvalue weighted by Crippen LogP contribution is 2.28. The Labute approximate surface area is 118 Å². The van der Waals surface area contributed by atoms with Crippen LogP contribution in [0.4, 0.5) is 5.69 Å². The van der Waals surface area contributed by atoms with Crippen LogP contribution in [0.25, 0.3) is 0 Å². The van der Waals surface area contributed by atoms with Crippen molar-refractivity contribution in [3.63, 3.8) is 0 Å². The second kappa shape index (κ2) is 5.38. The first-order valence-electron chi connectivity index (χ1n) is 5.20. The molecule has 0 saturated heterocycles. The van der Waals surface area contributed by atoms with Gasteiger partial charge in [-0.2, -0.15) is 0 Å². The van der Waals surface area contributed by atoms with Crippen LogP contribution in [-0.2, 0) is 0 Å². The van der Waals surface area contributed by atoms with Crippen molar-refractivity contribution in [2.24, 2.45) is 0 Å². The fourth-order valence-electron chi connectivity index (χ4n) is 1.49. The van der Waals surface area contributed by atoms with Gasteiger partial charge >= 0.3 is 0 Å². The zero-order chi connectivity index (χ0) is 12.4. The van der Waals surface area contributed by atoms with E-state index in [1.165, 1.54) is 0 Å². The fourth-order valence-corrected chi connectivity index (χ4v) is 2.62. The molecule has 0 spiro atoms. The lowest BCUT2D eigenvalue weighted by molar-refractivity contribution is 0.845. The molecule has 0 saturated carbocycles. The molecule has 1 heterocycles. The van der Waals surface area contributed by atoms with Crippen LogP contribution in [-0.4, -0.2) is 4.98 Å². The Bertz CT molecular complexity index is 527. The molecule has 1 aromatic carbocycles. The van der Waals surface area contributed by atoms with E-state index in [4.69, 9.17) is 11.6 Å². The first-order valence-corrected chi connectivity index (χ1v) is 7.25. The third-order valence-corrected chi connectivity index (χ3v) is 4.41. The number of hydrogen-bond acceptors (Lipinski definition) is 3. The second-order valence-electron chi connectivity index (χ2n) is 3.79. The summed E-state index contributed by atoms with van der Waals surface area (Å²) in [4.78, 5) is 4.46. The van der Waals surface area contributed by atoms with Gasteiger partial charge in [0, 0.05) is 15.5 Å². The summed E-state index contributed by atoms with van der Waals surface area (Å²) in [6, 6.07) is 6.01. The van der Waals surface area contributed by atoms with E-state index in [0.29, 0.717) is 5.02 Å². The maximum Gasteiger partial charge on any atom is 0.0898 e. The third-order valence-electron chi connectivity index (χ3n) is 2.38. The number of thiazole rings is 1. The molecule has 5 heteroatoms. The average Bonchev–Trinajstić information content (AvgIpc) is 2.70. The Morgan fingerprint density at radius 1 is 1.47 bits per heavy atom. The summed E-state index contributed by atoms with van der Waals surface area (Å²) in [5.74, 6) is 0. The zero-order valence-corrected chi connectivity index (χ0v) is 12.7. The average molecular weight is 332 g/mol. The fraction of sp³-hybridized carbons (Fsp3) is 0.250. The largest absolute Gasteiger partial charge is 0.377 e. The molecule has 0 amide bonds. The van der Waals surface area contributed by atoms with Gasteiger partial charge in [0.15, 0.2) is 0 Å². The molecule has 1 atom stereocenters. The molecule has 2 nitrogen and oxygen atoms in total. The molecular weight excluding hydrogens is 320 g/mol. The van der Waals surface area contributed by atoms with Gasteiger partial charge in [-0.05, 0) is 48.0 Å². The van der Waals surface area contributed by atoms with Crippen LogP contribution in [0, 0.1) is 6.92 Å². The molecule has 0 fully saturated rings. The third kappa shape index (κ3) is 3.21. The van der Waals surface area contributed by atoms with Crippen molar-refractivity contribution in [2.45, 2.75) is 19.9 Å². The number of halogens is 2. The molecule has 0 aliphatic heterocycles. The molecule has 0 aliphatic rings. The van der Waals surface area contributed by atoms with E-state index < -0.39 is 0 Å². The summed E-state index contributed by atoms with van der Waals surface area (Å²) in [7, 11) is 0. The minimum atomic E-state index is 0.178. The van der Waals surface area contributed by atoms with E-state index in [0.717, 1.165) is 20.9 Å². The van der Waals surface area contributed by atoms with Gasteiger partial charge in [0.05, 0.1) is 21.8 Å². The van der Waals surface area contributed by atoms with Gasteiger partial charge in [-0.25, -0.2) is 4.98 Å². The summed E-state index contributed by atoms with van der Waals surface area (Å²) < 4.78 is 0.905. The Kier molecular flexibility index (Phi) is 4.07. The smallest absolute Gasteiger partial charge is 0.0898 e. The highest BCUT2D eigenvalue weighted by Gasteiger charge is 2.09. The van der Waals surface area contributed by atoms with E-state index in [1.54, 1.807) is 11.3 Å². The van der Waals surface area contributed by atoms with E-state index in [2.05, 4.69) is 38.5 Å². The highest BCUT2D eigenvalue weighted by molar-refractivity contribution is 9.10. The van der Waals surface area contributed by atoms with Crippen LogP contribution < -0.4 is 5.32 Å². The van der Waals surface area contributed by atoms with Gasteiger partial charge in [-0.15, -0.1) is 11.3 Å². The molecule has 17 heavy (non-hydrogen) atoms. The van der Waals surface area contributed by atoms with Crippen molar-refractivity contribution in [2.75, 3.05) is 5.32 Å². The van der Waals surface area contributed by atoms with Crippen LogP contribution in [0.3, 0.4) is 0 Å². The molecule has 2 aromatic rings. The molecular formula is C12H12BrClN2S. The lowest BCUT2D eigenvalue weighted by Gasteiger charge is -2.13. The van der Waals surface area contributed by atoms with Gasteiger partial charge in [0.25, 0.3) is 0 Å². The van der Waals surface area contributed by atoms with Crippen molar-refractivity contribution in [1.29, 1.82) is 0 Å². The number of nitrogens with one attached hydrogen (secondary N) is 1. The highest BCUT2D eigenvalue weighted by atomic mass is 79.9. The molecule has 1 N–H and O–H groups in total. The SMILES string of the molecule is Cc1nc(C(C)Nc2ccc(Br)c(Cl)c2)cs1. The maximum absolute atomic E-state index is 6.05. The summed E-state index contributed by atoms with van der Waals surface area (Å²) in [5, 5.41) is 7.25. The standard InChI is InChI=1S/C12H12BrClN2S/c1-7(12-6-17-8(2)16-12)15-9-3-4-10(13)11(14)5-9/h3-7,15H,1-2H3. The van der Waals surface area contributed by atoms with Gasteiger partial charge in [-0.3, -0.25) is 0 Å². The van der Waals surface area contributed by atoms with E-state index in [1.807, 2.05) is 25.1 Å². The Balaban J connectivity index is 2.12. The Morgan fingerprint density at radius 2 is 2.24 bits per heavy atom. The molecule has 1 aromatic heterocycles. The Morgan fingerprint density at radius 3 is 2.82 bits per heavy atom. The van der Waals surface area contributed by atoms with Crippen molar-refractivity contribution in [3.8, 4) is 0 Å². The normalized spacial score (nSPS) is 12.5. The van der Waals surface area contributed by atoms with Crippen LogP contribution in [0.5, 0.6) is 0 Å². The summed E-state index contributed by atoms with van der Waals surface area (Å²) in [5.41, 5.74) is 2.06. The number of hydrogen-bond donors (Lipinski definition) is 1. The van der Waals surface area contributed by atoms with Gasteiger partial charge < -0.3 is 5.32 Å². The quantitative estimate of drug-likeness (QED) is 0.852. The molecule has 90 valence electrons. The van der Waals surface area contributed by atoms with Crippen molar-refractivity contribution < 1.29 is 0 Å². The molecule has 0 radical (unpaired) electrons. The predicted octanol–water partition coefficient (Wildman–Crippen LogP) is 5.04. The van der Waals surface area contributed by atoms with Crippen LogP contribution in [0.2, 0.25) is 5.02 Å². The number of nitrogens with zero attached hydrogens (tertiary/aromatic N) is 1. The van der Waals surface area contributed by atoms with Crippen LogP contribution >= 0.6 is 38.9 Å². The summed E-state index contributed by atoms with van der Waals surface area (Å²) >= 11 is 11.1. The monoisotopic (exact) mass is 330 g/mol. The van der Waals surface area contributed by atoms with Crippen LogP contribution in [0.15, 0.2) is 28.1 Å². The molecule has 0 aliphatic carbocycles. The summed E-state index contributed by atoms with van der Waals surface area (Å²) in [6.07, 6.45) is 0. The molecule has 0 bridgehead atoms. The Hall–Kier alpha value is -0.580. The number of benzene rings is 1. The second-order valence-corrected chi connectivity index (χ2v) is 6.11. The zero-order valence-electron chi connectivity index (χ0n) is 9.50. The van der Waals surface area contributed by atoms with Gasteiger partial charge in [0.2, 0.25) is 0 Å². The first-order chi connectivity index (χ1) is 8.06. The maximum atomic E-state index is 6.05. The van der Waals surface area contributed by atoms with E-state index in [9.17, 15) is 0 Å². The number of anilines is 1. The van der Waals surface area contributed by atoms with E-state index in [-0.39, 0.29) is 6.04 Å². The minimum Gasteiger partial charge on any atom is -0.377 e. The number of aromatic nitrogens is 1. The van der Waals surface area contributed by atoms with Crippen molar-refractivity contribution in [3.05, 3.63) is 43.8 Å². The minimum absolute atomic E-state index is 0.178. The van der Waals surface area contributed by atoms with Crippen LogP contribution in [0.1, 0.15) is 23.7 Å². The molecule has 2 rings (SSSR count). The van der Waals surface area contributed by atoms with Crippen molar-refractivity contribution >= 4 is 44.6 Å². The van der Waals surface area contributed by atoms with Gasteiger partial charge in [-0.1, -0.05) is 11.6 Å². The number of aryl methyl sites for hydroxylation is 1. The van der Waals surface area contributed by atoms with E-state index >= 15 is 0 Å². The number of rotatable bonds is 3. The topological polar surface area (TPSA) is 24.9 Å². The summed E-state index contributed by atoms with van der Waals surface area (Å²) in [6.45, 7) is 4.10. The first kappa shape index (κ1) is 12.9. The predicted molar refractivity (Wildman–Crippen MR) is 78.0 cm³/mol. The lowest BCUT2D eigenvalue weighted by atomic mass is 10.2. The van der Waals surface area contributed by atoms with Crippen molar-refractivity contribution in [1.82, 2.24) is 4.98 Å². The lowest BCUT2D eigenvalue weighted by Crippen LogP contribution is -2.06. The van der Waals surface area contributed by atoms with Gasteiger partial charge in [0.1, 0.15) is 0 Å². The molecule has 1 unspecified atom stereocenters.